The standard InChI is InChI=1S/C34H56N4O2/c1-31(2,3)27-11-23-15-35-19-33(7,8)21-37-17-25-13-28(32(4,5)6)14-26(30(25)40)18-38-22-34(9,10)20-36-16-24(12-27)29(23)39/h11-14,35-40H,15-22H2,1-10H3. The molecule has 6 heteroatoms. The van der Waals surface area contributed by atoms with Gasteiger partial charge in [-0.25, -0.2) is 0 Å². The zero-order valence-electron chi connectivity index (χ0n) is 26.9. The van der Waals surface area contributed by atoms with Crippen molar-refractivity contribution in [1.29, 1.82) is 0 Å². The van der Waals surface area contributed by atoms with Crippen LogP contribution in [0.25, 0.3) is 0 Å². The number of benzene rings is 2. The third-order valence-electron chi connectivity index (χ3n) is 7.94. The summed E-state index contributed by atoms with van der Waals surface area (Å²) in [6.07, 6.45) is 0. The summed E-state index contributed by atoms with van der Waals surface area (Å²) in [7, 11) is 0. The van der Waals surface area contributed by atoms with Crippen molar-refractivity contribution in [3.63, 3.8) is 0 Å². The van der Waals surface area contributed by atoms with Crippen molar-refractivity contribution in [3.8, 4) is 11.5 Å². The zero-order valence-corrected chi connectivity index (χ0v) is 26.9. The largest absolute Gasteiger partial charge is 0.507 e. The summed E-state index contributed by atoms with van der Waals surface area (Å²) in [5.41, 5.74) is 6.19. The molecule has 4 bridgehead atoms. The summed E-state index contributed by atoms with van der Waals surface area (Å²) < 4.78 is 0. The number of phenolic OH excluding ortho intramolecular Hbond substituents is 2. The molecule has 0 amide bonds. The van der Waals surface area contributed by atoms with E-state index in [-0.39, 0.29) is 21.7 Å². The molecule has 2 aromatic rings. The van der Waals surface area contributed by atoms with Crippen molar-refractivity contribution in [1.82, 2.24) is 21.3 Å². The summed E-state index contributed by atoms with van der Waals surface area (Å²) in [5.74, 6) is 0.774. The molecule has 6 nitrogen and oxygen atoms in total. The van der Waals surface area contributed by atoms with Crippen molar-refractivity contribution in [3.05, 3.63) is 57.6 Å². The summed E-state index contributed by atoms with van der Waals surface area (Å²) in [6, 6.07) is 8.61. The SMILES string of the molecule is CC1(C)CNCc2cc(C(C)(C)C)cc(c2O)CNCC(C)(C)CNCc2cc(C(C)(C)C)cc(c2O)CNC1. The molecule has 0 saturated heterocycles. The molecule has 0 unspecified atom stereocenters. The van der Waals surface area contributed by atoms with Gasteiger partial charge in [0, 0.05) is 74.6 Å². The first-order valence-electron chi connectivity index (χ1n) is 14.9. The second-order valence-electron chi connectivity index (χ2n) is 15.5. The Labute approximate surface area is 243 Å². The molecule has 0 fully saturated rings. The van der Waals surface area contributed by atoms with Crippen molar-refractivity contribution >= 4 is 0 Å². The molecule has 0 aromatic heterocycles. The van der Waals surface area contributed by atoms with E-state index < -0.39 is 0 Å². The van der Waals surface area contributed by atoms with Crippen molar-refractivity contribution in [2.75, 3.05) is 26.2 Å². The lowest BCUT2D eigenvalue weighted by atomic mass is 9.84. The number of hydrogen-bond donors (Lipinski definition) is 6. The first-order chi connectivity index (χ1) is 18.4. The van der Waals surface area contributed by atoms with E-state index >= 15 is 0 Å². The van der Waals surface area contributed by atoms with Gasteiger partial charge in [-0.3, -0.25) is 0 Å². The van der Waals surface area contributed by atoms with Gasteiger partial charge in [-0.2, -0.15) is 0 Å². The van der Waals surface area contributed by atoms with Crippen LogP contribution in [0.5, 0.6) is 11.5 Å². The van der Waals surface area contributed by atoms with Crippen molar-refractivity contribution in [2.24, 2.45) is 10.8 Å². The number of nitrogens with one attached hydrogen (secondary N) is 4. The van der Waals surface area contributed by atoms with Gasteiger partial charge in [-0.1, -0.05) is 93.5 Å². The summed E-state index contributed by atoms with van der Waals surface area (Å²) in [4.78, 5) is 0. The molecule has 0 spiro atoms. The number of aromatic hydroxyl groups is 2. The van der Waals surface area contributed by atoms with E-state index in [2.05, 4.69) is 115 Å². The van der Waals surface area contributed by atoms with Gasteiger partial charge in [0.05, 0.1) is 0 Å². The normalized spacial score (nSPS) is 19.6. The first-order valence-corrected chi connectivity index (χ1v) is 14.9. The topological polar surface area (TPSA) is 88.6 Å². The second kappa shape index (κ2) is 12.4. The van der Waals surface area contributed by atoms with Gasteiger partial charge in [-0.05, 0) is 32.8 Å². The van der Waals surface area contributed by atoms with Crippen LogP contribution in [-0.4, -0.2) is 36.4 Å². The lowest BCUT2D eigenvalue weighted by Crippen LogP contribution is -2.38. The molecule has 1 aliphatic rings. The van der Waals surface area contributed by atoms with E-state index in [0.717, 1.165) is 48.4 Å². The molecule has 3 rings (SSSR count). The zero-order chi connectivity index (χ0) is 29.9. The van der Waals surface area contributed by atoms with Gasteiger partial charge >= 0.3 is 0 Å². The number of fused-ring (bicyclic) bond motifs is 4. The monoisotopic (exact) mass is 552 g/mol. The molecule has 6 N–H and O–H groups in total. The van der Waals surface area contributed by atoms with E-state index in [0.29, 0.717) is 37.7 Å². The Hall–Kier alpha value is -2.12. The fourth-order valence-electron chi connectivity index (χ4n) is 5.19. The predicted octanol–water partition coefficient (Wildman–Crippen LogP) is 5.82. The highest BCUT2D eigenvalue weighted by molar-refractivity contribution is 5.47. The molecule has 1 heterocycles. The highest BCUT2D eigenvalue weighted by atomic mass is 16.3. The van der Waals surface area contributed by atoms with Crippen LogP contribution in [0.1, 0.15) is 103 Å². The number of phenols is 2. The smallest absolute Gasteiger partial charge is 0.124 e. The van der Waals surface area contributed by atoms with Crippen LogP contribution >= 0.6 is 0 Å². The quantitative estimate of drug-likeness (QED) is 0.247. The molecule has 0 atom stereocenters. The number of rotatable bonds is 0. The summed E-state index contributed by atoms with van der Waals surface area (Å²) in [5, 5.41) is 36.9. The molecule has 40 heavy (non-hydrogen) atoms. The van der Waals surface area contributed by atoms with Gasteiger partial charge in [0.25, 0.3) is 0 Å². The fourth-order valence-corrected chi connectivity index (χ4v) is 5.19. The van der Waals surface area contributed by atoms with E-state index in [1.807, 2.05) is 0 Å². The third kappa shape index (κ3) is 8.94. The maximum absolute atomic E-state index is 11.2. The summed E-state index contributed by atoms with van der Waals surface area (Å²) in [6.45, 7) is 27.9. The average Bonchev–Trinajstić information content (AvgIpc) is 2.80. The van der Waals surface area contributed by atoms with Gasteiger partial charge in [0.1, 0.15) is 11.5 Å². The molecule has 0 radical (unpaired) electrons. The first kappa shape index (κ1) is 32.4. The molecule has 0 saturated carbocycles. The van der Waals surface area contributed by atoms with Crippen LogP contribution in [0.2, 0.25) is 0 Å². The van der Waals surface area contributed by atoms with Crippen molar-refractivity contribution < 1.29 is 10.2 Å². The van der Waals surface area contributed by atoms with E-state index in [1.165, 1.54) is 11.1 Å². The van der Waals surface area contributed by atoms with Crippen LogP contribution in [0.15, 0.2) is 24.3 Å². The van der Waals surface area contributed by atoms with Gasteiger partial charge in [0.15, 0.2) is 0 Å². The second-order valence-corrected chi connectivity index (χ2v) is 15.5. The van der Waals surface area contributed by atoms with Crippen LogP contribution in [0.4, 0.5) is 0 Å². The molecular formula is C34H56N4O2. The highest BCUT2D eigenvalue weighted by Gasteiger charge is 2.24. The van der Waals surface area contributed by atoms with Gasteiger partial charge in [0.2, 0.25) is 0 Å². The highest BCUT2D eigenvalue weighted by Crippen LogP contribution is 2.33. The third-order valence-corrected chi connectivity index (χ3v) is 7.94. The Morgan fingerprint density at radius 3 is 0.925 bits per heavy atom. The van der Waals surface area contributed by atoms with Crippen molar-refractivity contribution in [2.45, 2.75) is 106 Å². The molecule has 1 aliphatic heterocycles. The van der Waals surface area contributed by atoms with E-state index in [1.54, 1.807) is 0 Å². The number of hydrogen-bond acceptors (Lipinski definition) is 6. The Morgan fingerprint density at radius 2 is 0.725 bits per heavy atom. The van der Waals surface area contributed by atoms with Crippen LogP contribution in [-0.2, 0) is 37.0 Å². The van der Waals surface area contributed by atoms with Gasteiger partial charge < -0.3 is 31.5 Å². The summed E-state index contributed by atoms with van der Waals surface area (Å²) >= 11 is 0. The van der Waals surface area contributed by atoms with Crippen LogP contribution < -0.4 is 21.3 Å². The van der Waals surface area contributed by atoms with Crippen LogP contribution in [0, 0.1) is 10.8 Å². The Bertz CT molecular complexity index is 998. The fraction of sp³-hybridized carbons (Fsp3) is 0.647. The molecule has 0 aliphatic carbocycles. The van der Waals surface area contributed by atoms with E-state index in [4.69, 9.17) is 0 Å². The predicted molar refractivity (Wildman–Crippen MR) is 168 cm³/mol. The minimum Gasteiger partial charge on any atom is -0.507 e. The maximum Gasteiger partial charge on any atom is 0.124 e. The Morgan fingerprint density at radius 1 is 0.500 bits per heavy atom. The van der Waals surface area contributed by atoms with Gasteiger partial charge in [-0.15, -0.1) is 0 Å². The average molecular weight is 553 g/mol. The van der Waals surface area contributed by atoms with E-state index in [9.17, 15) is 10.2 Å². The lowest BCUT2D eigenvalue weighted by Gasteiger charge is -2.29. The Kier molecular flexibility index (Phi) is 10.0. The maximum atomic E-state index is 11.2. The molecule has 2 aromatic carbocycles. The molecular weight excluding hydrogens is 496 g/mol. The minimum absolute atomic E-state index is 0.00830. The molecule has 224 valence electrons. The lowest BCUT2D eigenvalue weighted by molar-refractivity contribution is 0.313. The Balaban J connectivity index is 1.91. The minimum atomic E-state index is -0.0182. The van der Waals surface area contributed by atoms with Crippen LogP contribution in [0.3, 0.4) is 0 Å².